The maximum Gasteiger partial charge on any atom is 0.306 e. The summed E-state index contributed by atoms with van der Waals surface area (Å²) in [6.45, 7) is 2.29. The van der Waals surface area contributed by atoms with Crippen molar-refractivity contribution in [3.8, 4) is 22.3 Å². The van der Waals surface area contributed by atoms with Crippen LogP contribution in [-0.4, -0.2) is 17.7 Å². The molecule has 1 saturated carbocycles. The molecule has 1 N–H and O–H groups in total. The van der Waals surface area contributed by atoms with Crippen LogP contribution in [0.1, 0.15) is 61.8 Å². The standard InChI is InChI=1S/C33H34O3S/c1-2-36-32(35)21-33(19-20-33)29-17-15-25(16-18-29)24-11-13-26(14-12-24)30-23-37-22-28(30)9-6-10-31(34)27-7-4-3-5-8-27/h3-5,7-8,11-18,22-23,31,34H,2,6,9-10,19-21H2,1H3. The van der Waals surface area contributed by atoms with Crippen LogP contribution in [0.2, 0.25) is 0 Å². The SMILES string of the molecule is CCOC(=O)CC1(c2ccc(-c3ccc(-c4cscc4CCCC(O)c4ccccc4)cc3)cc2)CC1. The second kappa shape index (κ2) is 11.5. The number of aliphatic hydroxyl groups excluding tert-OH is 1. The Balaban J connectivity index is 1.21. The monoisotopic (exact) mass is 510 g/mol. The van der Waals surface area contributed by atoms with Gasteiger partial charge in [0.1, 0.15) is 0 Å². The van der Waals surface area contributed by atoms with Crippen LogP contribution in [-0.2, 0) is 21.4 Å². The summed E-state index contributed by atoms with van der Waals surface area (Å²) in [6, 6.07) is 27.4. The number of aryl methyl sites for hydroxylation is 1. The van der Waals surface area contributed by atoms with E-state index in [1.807, 2.05) is 37.3 Å². The third-order valence-electron chi connectivity index (χ3n) is 7.52. The maximum atomic E-state index is 12.0. The van der Waals surface area contributed by atoms with Gasteiger partial charge in [0.15, 0.2) is 0 Å². The molecule has 0 aliphatic heterocycles. The number of carbonyl (C=O) groups is 1. The van der Waals surface area contributed by atoms with Crippen molar-refractivity contribution in [3.63, 3.8) is 0 Å². The molecule has 3 nitrogen and oxygen atoms in total. The van der Waals surface area contributed by atoms with E-state index in [1.54, 1.807) is 11.3 Å². The van der Waals surface area contributed by atoms with Gasteiger partial charge in [-0.25, -0.2) is 0 Å². The van der Waals surface area contributed by atoms with Crippen molar-refractivity contribution in [2.75, 3.05) is 6.61 Å². The van der Waals surface area contributed by atoms with Gasteiger partial charge in [-0.3, -0.25) is 4.79 Å². The molecule has 190 valence electrons. The van der Waals surface area contributed by atoms with E-state index < -0.39 is 6.10 Å². The van der Waals surface area contributed by atoms with Crippen molar-refractivity contribution >= 4 is 17.3 Å². The van der Waals surface area contributed by atoms with Crippen LogP contribution in [0, 0.1) is 0 Å². The zero-order valence-electron chi connectivity index (χ0n) is 21.4. The van der Waals surface area contributed by atoms with Crippen LogP contribution >= 0.6 is 11.3 Å². The van der Waals surface area contributed by atoms with Gasteiger partial charge in [0.25, 0.3) is 0 Å². The lowest BCUT2D eigenvalue weighted by molar-refractivity contribution is -0.143. The second-order valence-corrected chi connectivity index (χ2v) is 10.8. The molecule has 5 rings (SSSR count). The van der Waals surface area contributed by atoms with Gasteiger partial charge >= 0.3 is 5.97 Å². The lowest BCUT2D eigenvalue weighted by atomic mass is 9.90. The Morgan fingerprint density at radius 2 is 1.57 bits per heavy atom. The van der Waals surface area contributed by atoms with Gasteiger partial charge in [0.2, 0.25) is 0 Å². The van der Waals surface area contributed by atoms with Crippen LogP contribution in [0.3, 0.4) is 0 Å². The molecule has 1 aromatic heterocycles. The van der Waals surface area contributed by atoms with Gasteiger partial charge in [0, 0.05) is 5.41 Å². The largest absolute Gasteiger partial charge is 0.466 e. The zero-order chi connectivity index (χ0) is 25.7. The number of hydrogen-bond acceptors (Lipinski definition) is 4. The Morgan fingerprint density at radius 3 is 2.22 bits per heavy atom. The molecule has 1 fully saturated rings. The fourth-order valence-electron chi connectivity index (χ4n) is 5.16. The number of hydrogen-bond donors (Lipinski definition) is 1. The van der Waals surface area contributed by atoms with Crippen molar-refractivity contribution in [1.82, 2.24) is 0 Å². The molecule has 1 aliphatic rings. The third-order valence-corrected chi connectivity index (χ3v) is 8.31. The average Bonchev–Trinajstić information content (AvgIpc) is 3.56. The van der Waals surface area contributed by atoms with E-state index in [9.17, 15) is 9.90 Å². The molecule has 1 unspecified atom stereocenters. The van der Waals surface area contributed by atoms with Gasteiger partial charge in [0.05, 0.1) is 19.1 Å². The van der Waals surface area contributed by atoms with Gasteiger partial charge in [-0.1, -0.05) is 78.9 Å². The van der Waals surface area contributed by atoms with Crippen LogP contribution in [0.4, 0.5) is 0 Å². The number of thiophene rings is 1. The first kappa shape index (κ1) is 25.4. The summed E-state index contributed by atoms with van der Waals surface area (Å²) in [7, 11) is 0. The molecule has 1 heterocycles. The van der Waals surface area contributed by atoms with Gasteiger partial charge < -0.3 is 9.84 Å². The topological polar surface area (TPSA) is 46.5 Å². The highest BCUT2D eigenvalue weighted by Gasteiger charge is 2.46. The first-order chi connectivity index (χ1) is 18.1. The molecular formula is C33H34O3S. The number of rotatable bonds is 11. The third kappa shape index (κ3) is 6.03. The Kier molecular flexibility index (Phi) is 7.87. The lowest BCUT2D eigenvalue weighted by Crippen LogP contribution is -2.15. The number of ether oxygens (including phenoxy) is 1. The minimum absolute atomic E-state index is 0.0267. The second-order valence-electron chi connectivity index (χ2n) is 10.0. The van der Waals surface area contributed by atoms with Gasteiger partial charge in [-0.2, -0.15) is 11.3 Å². The van der Waals surface area contributed by atoms with Crippen LogP contribution < -0.4 is 0 Å². The minimum Gasteiger partial charge on any atom is -0.466 e. The number of carbonyl (C=O) groups excluding carboxylic acids is 1. The fourth-order valence-corrected chi connectivity index (χ4v) is 6.06. The molecule has 0 spiro atoms. The Hall–Kier alpha value is -3.21. The van der Waals surface area contributed by atoms with Crippen molar-refractivity contribution in [2.45, 2.75) is 57.0 Å². The lowest BCUT2D eigenvalue weighted by Gasteiger charge is -2.15. The quantitative estimate of drug-likeness (QED) is 0.207. The summed E-state index contributed by atoms with van der Waals surface area (Å²) in [6.07, 6.45) is 4.83. The smallest absolute Gasteiger partial charge is 0.306 e. The molecule has 1 atom stereocenters. The number of esters is 1. The summed E-state index contributed by atoms with van der Waals surface area (Å²) in [5, 5.41) is 14.9. The van der Waals surface area contributed by atoms with E-state index in [0.29, 0.717) is 13.0 Å². The molecule has 0 radical (unpaired) electrons. The summed E-state index contributed by atoms with van der Waals surface area (Å²) in [5.41, 5.74) is 8.43. The summed E-state index contributed by atoms with van der Waals surface area (Å²) in [4.78, 5) is 12.0. The number of aliphatic hydroxyl groups is 1. The molecule has 4 heteroatoms. The van der Waals surface area contributed by atoms with Crippen molar-refractivity contribution in [2.24, 2.45) is 0 Å². The van der Waals surface area contributed by atoms with Gasteiger partial charge in [-0.05, 0) is 88.7 Å². The van der Waals surface area contributed by atoms with Crippen LogP contribution in [0.25, 0.3) is 22.3 Å². The van der Waals surface area contributed by atoms with E-state index in [4.69, 9.17) is 4.74 Å². The molecule has 37 heavy (non-hydrogen) atoms. The predicted octanol–water partition coefficient (Wildman–Crippen LogP) is 8.12. The predicted molar refractivity (Wildman–Crippen MR) is 152 cm³/mol. The highest BCUT2D eigenvalue weighted by atomic mass is 32.1. The molecule has 3 aromatic carbocycles. The van der Waals surface area contributed by atoms with E-state index in [2.05, 4.69) is 59.3 Å². The van der Waals surface area contributed by atoms with E-state index in [-0.39, 0.29) is 11.4 Å². The molecule has 0 bridgehead atoms. The average molecular weight is 511 g/mol. The molecule has 1 aliphatic carbocycles. The molecule has 4 aromatic rings. The molecule has 0 amide bonds. The number of benzene rings is 3. The van der Waals surface area contributed by atoms with E-state index in [1.165, 1.54) is 33.4 Å². The first-order valence-electron chi connectivity index (χ1n) is 13.2. The van der Waals surface area contributed by atoms with Crippen molar-refractivity contribution in [3.05, 3.63) is 106 Å². The summed E-state index contributed by atoms with van der Waals surface area (Å²) >= 11 is 1.74. The Morgan fingerprint density at radius 1 is 0.919 bits per heavy atom. The van der Waals surface area contributed by atoms with Crippen molar-refractivity contribution in [1.29, 1.82) is 0 Å². The van der Waals surface area contributed by atoms with Crippen molar-refractivity contribution < 1.29 is 14.6 Å². The van der Waals surface area contributed by atoms with Crippen LogP contribution in [0.15, 0.2) is 89.6 Å². The Bertz CT molecular complexity index is 1300. The van der Waals surface area contributed by atoms with Gasteiger partial charge in [-0.15, -0.1) is 0 Å². The highest BCUT2D eigenvalue weighted by molar-refractivity contribution is 7.08. The maximum absolute atomic E-state index is 12.0. The molecular weight excluding hydrogens is 476 g/mol. The molecule has 0 saturated heterocycles. The highest BCUT2D eigenvalue weighted by Crippen LogP contribution is 2.51. The minimum atomic E-state index is -0.408. The van der Waals surface area contributed by atoms with E-state index >= 15 is 0 Å². The fraction of sp³-hybridized carbons (Fsp3) is 0.303. The first-order valence-corrected chi connectivity index (χ1v) is 14.2. The normalized spacial score (nSPS) is 14.8. The van der Waals surface area contributed by atoms with Crippen LogP contribution in [0.5, 0.6) is 0 Å². The zero-order valence-corrected chi connectivity index (χ0v) is 22.2. The summed E-state index contributed by atoms with van der Waals surface area (Å²) in [5.74, 6) is -0.0974. The Labute approximate surface area is 223 Å². The van der Waals surface area contributed by atoms with E-state index in [0.717, 1.165) is 37.7 Å². The summed E-state index contributed by atoms with van der Waals surface area (Å²) < 4.78 is 5.18.